The molecule has 5 heteroatoms. The molecule has 3 rings (SSSR count). The number of hydrogen-bond donors (Lipinski definition) is 3. The maximum absolute atomic E-state index is 9.58. The minimum atomic E-state index is -0.793. The Labute approximate surface area is 161 Å². The molecule has 1 fully saturated rings. The Bertz CT molecular complexity index is 727. The maximum Gasteiger partial charge on any atom is 0.267 e. The molecular weight excluding hydrogens is 346 g/mol. The van der Waals surface area contributed by atoms with Crippen LogP contribution in [-0.4, -0.2) is 29.4 Å². The van der Waals surface area contributed by atoms with E-state index in [4.69, 9.17) is 11.6 Å². The summed E-state index contributed by atoms with van der Waals surface area (Å²) in [5, 5.41) is 13.5. The molecule has 1 aliphatic rings. The first-order chi connectivity index (χ1) is 12.5. The lowest BCUT2D eigenvalue weighted by molar-refractivity contribution is -0.471. The highest BCUT2D eigenvalue weighted by Gasteiger charge is 2.21. The van der Waals surface area contributed by atoms with Crippen molar-refractivity contribution < 1.29 is 10.8 Å². The zero-order valence-electron chi connectivity index (χ0n) is 15.4. The molecule has 140 valence electrons. The van der Waals surface area contributed by atoms with E-state index in [2.05, 4.69) is 41.1 Å². The van der Waals surface area contributed by atoms with Gasteiger partial charge in [0.25, 0.3) is 6.35 Å². The average Bonchev–Trinajstić information content (AvgIpc) is 2.59. The number of aliphatic hydroxyl groups is 1. The Balaban J connectivity index is 1.57. The summed E-state index contributed by atoms with van der Waals surface area (Å²) in [6.45, 7) is 5.24. The number of hydrogen-bond acceptors (Lipinski definition) is 3. The Hall–Kier alpha value is -1.59. The fourth-order valence-corrected chi connectivity index (χ4v) is 4.01. The third kappa shape index (κ3) is 5.21. The molecule has 0 amide bonds. The van der Waals surface area contributed by atoms with Crippen LogP contribution in [0.15, 0.2) is 42.5 Å². The summed E-state index contributed by atoms with van der Waals surface area (Å²) in [5.74, 6) is 0.723. The van der Waals surface area contributed by atoms with E-state index >= 15 is 0 Å². The van der Waals surface area contributed by atoms with E-state index in [-0.39, 0.29) is 0 Å². The first kappa shape index (κ1) is 19.2. The molecule has 1 saturated heterocycles. The van der Waals surface area contributed by atoms with Gasteiger partial charge in [-0.3, -0.25) is 4.90 Å². The van der Waals surface area contributed by atoms with Crippen LogP contribution in [0.1, 0.15) is 29.5 Å². The molecule has 0 radical (unpaired) electrons. The summed E-state index contributed by atoms with van der Waals surface area (Å²) in [6, 6.07) is 14.4. The molecule has 1 atom stereocenters. The molecule has 26 heavy (non-hydrogen) atoms. The standard InChI is InChI=1S/C21H28ClN3O/c1-15-4-2-7-20(24-21(23)26)19(15)14-25-10-8-16(9-11-25)12-17-5-3-6-18(22)13-17/h2-7,13,16,21,24,26H,8-12,14,23H2,1H3/p+1. The van der Waals surface area contributed by atoms with E-state index < -0.39 is 6.35 Å². The van der Waals surface area contributed by atoms with Gasteiger partial charge in [-0.15, -0.1) is 0 Å². The van der Waals surface area contributed by atoms with Crippen LogP contribution in [0.5, 0.6) is 0 Å². The molecule has 4 nitrogen and oxygen atoms in total. The molecule has 2 aromatic rings. The third-order valence-electron chi connectivity index (χ3n) is 5.23. The van der Waals surface area contributed by atoms with Gasteiger partial charge in [-0.2, -0.15) is 0 Å². The number of aliphatic hydroxyl groups excluding tert-OH is 1. The van der Waals surface area contributed by atoms with Gasteiger partial charge < -0.3 is 16.2 Å². The highest BCUT2D eigenvalue weighted by molar-refractivity contribution is 6.30. The quantitative estimate of drug-likeness (QED) is 0.681. The molecule has 2 aromatic carbocycles. The summed E-state index contributed by atoms with van der Waals surface area (Å²) in [6.07, 6.45) is 2.73. The van der Waals surface area contributed by atoms with Crippen molar-refractivity contribution in [3.63, 3.8) is 0 Å². The van der Waals surface area contributed by atoms with E-state index in [1.807, 2.05) is 24.3 Å². The van der Waals surface area contributed by atoms with Gasteiger partial charge in [-0.25, -0.2) is 0 Å². The molecule has 1 aliphatic heterocycles. The monoisotopic (exact) mass is 374 g/mol. The Morgan fingerprint density at radius 1 is 1.23 bits per heavy atom. The van der Waals surface area contributed by atoms with Crippen molar-refractivity contribution in [1.29, 1.82) is 0 Å². The van der Waals surface area contributed by atoms with Crippen molar-refractivity contribution >= 4 is 17.3 Å². The zero-order chi connectivity index (χ0) is 18.5. The number of aryl methyl sites for hydroxylation is 1. The predicted molar refractivity (Wildman–Crippen MR) is 107 cm³/mol. The van der Waals surface area contributed by atoms with Crippen LogP contribution in [0.4, 0.5) is 5.69 Å². The van der Waals surface area contributed by atoms with Gasteiger partial charge in [0, 0.05) is 17.3 Å². The molecule has 1 unspecified atom stereocenters. The normalized spacial score (nSPS) is 17.2. The molecule has 0 spiro atoms. The summed E-state index contributed by atoms with van der Waals surface area (Å²) < 4.78 is 0. The van der Waals surface area contributed by atoms with Crippen molar-refractivity contribution in [1.82, 2.24) is 4.90 Å². The third-order valence-corrected chi connectivity index (χ3v) is 5.47. The van der Waals surface area contributed by atoms with Crippen LogP contribution < -0.4 is 11.1 Å². The van der Waals surface area contributed by atoms with E-state index in [0.29, 0.717) is 0 Å². The van der Waals surface area contributed by atoms with Crippen LogP contribution in [0.25, 0.3) is 0 Å². The van der Waals surface area contributed by atoms with Crippen molar-refractivity contribution in [2.75, 3.05) is 18.4 Å². The maximum atomic E-state index is 9.58. The summed E-state index contributed by atoms with van der Waals surface area (Å²) >= 11 is 6.11. The second kappa shape index (κ2) is 8.87. The highest BCUT2D eigenvalue weighted by Crippen LogP contribution is 2.27. The van der Waals surface area contributed by atoms with Crippen LogP contribution in [0.2, 0.25) is 5.02 Å². The Morgan fingerprint density at radius 3 is 2.65 bits per heavy atom. The molecule has 0 saturated carbocycles. The van der Waals surface area contributed by atoms with E-state index in [0.717, 1.165) is 42.7 Å². The average molecular weight is 375 g/mol. The fraction of sp³-hybridized carbons (Fsp3) is 0.429. The minimum Gasteiger partial charge on any atom is -0.327 e. The SMILES string of the molecule is Cc1cccc(NC([NH3+])O)c1CN1CCC(Cc2cccc(Cl)c2)CC1. The van der Waals surface area contributed by atoms with Gasteiger partial charge >= 0.3 is 0 Å². The number of quaternary nitrogens is 1. The second-order valence-electron chi connectivity index (χ2n) is 7.31. The first-order valence-corrected chi connectivity index (χ1v) is 9.72. The molecular formula is C21H29ClN3O+. The van der Waals surface area contributed by atoms with Gasteiger partial charge in [0.15, 0.2) is 0 Å². The summed E-state index contributed by atoms with van der Waals surface area (Å²) in [5.41, 5.74) is 8.45. The lowest BCUT2D eigenvalue weighted by Gasteiger charge is -2.33. The lowest BCUT2D eigenvalue weighted by atomic mass is 9.90. The van der Waals surface area contributed by atoms with Gasteiger partial charge in [0.2, 0.25) is 0 Å². The highest BCUT2D eigenvalue weighted by atomic mass is 35.5. The van der Waals surface area contributed by atoms with E-state index in [9.17, 15) is 5.11 Å². The van der Waals surface area contributed by atoms with Crippen molar-refractivity contribution in [3.05, 3.63) is 64.2 Å². The molecule has 5 N–H and O–H groups in total. The first-order valence-electron chi connectivity index (χ1n) is 9.34. The number of halogens is 1. The number of rotatable bonds is 6. The summed E-state index contributed by atoms with van der Waals surface area (Å²) in [4.78, 5) is 2.51. The predicted octanol–water partition coefficient (Wildman–Crippen LogP) is 3.03. The van der Waals surface area contributed by atoms with E-state index in [1.165, 1.54) is 29.5 Å². The van der Waals surface area contributed by atoms with Crippen molar-refractivity contribution in [3.8, 4) is 0 Å². The molecule has 0 bridgehead atoms. The van der Waals surface area contributed by atoms with Gasteiger partial charge in [-0.05, 0) is 80.1 Å². The Morgan fingerprint density at radius 2 is 1.96 bits per heavy atom. The smallest absolute Gasteiger partial charge is 0.267 e. The van der Waals surface area contributed by atoms with Crippen LogP contribution in [-0.2, 0) is 13.0 Å². The minimum absolute atomic E-state index is 0.723. The van der Waals surface area contributed by atoms with Crippen LogP contribution in [0.3, 0.4) is 0 Å². The number of nitrogens with one attached hydrogen (secondary N) is 1. The van der Waals surface area contributed by atoms with Gasteiger partial charge in [0.1, 0.15) is 0 Å². The van der Waals surface area contributed by atoms with Crippen molar-refractivity contribution in [2.24, 2.45) is 5.92 Å². The number of piperidine rings is 1. The number of anilines is 1. The largest absolute Gasteiger partial charge is 0.327 e. The zero-order valence-corrected chi connectivity index (χ0v) is 16.2. The number of likely N-dealkylation sites (tertiary alicyclic amines) is 1. The van der Waals surface area contributed by atoms with E-state index in [1.54, 1.807) is 0 Å². The second-order valence-corrected chi connectivity index (χ2v) is 7.75. The summed E-state index contributed by atoms with van der Waals surface area (Å²) in [7, 11) is 0. The Kier molecular flexibility index (Phi) is 6.54. The number of nitrogens with zero attached hydrogens (tertiary/aromatic N) is 1. The fourth-order valence-electron chi connectivity index (χ4n) is 3.80. The topological polar surface area (TPSA) is 63.1 Å². The van der Waals surface area contributed by atoms with Gasteiger partial charge in [0.05, 0.1) is 0 Å². The molecule has 1 heterocycles. The molecule has 0 aliphatic carbocycles. The molecule has 0 aromatic heterocycles. The number of benzene rings is 2. The van der Waals surface area contributed by atoms with Crippen molar-refractivity contribution in [2.45, 2.75) is 39.1 Å². The van der Waals surface area contributed by atoms with Gasteiger partial charge in [-0.1, -0.05) is 35.9 Å². The van der Waals surface area contributed by atoms with Crippen LogP contribution >= 0.6 is 11.6 Å². The van der Waals surface area contributed by atoms with Crippen LogP contribution in [0, 0.1) is 12.8 Å². The lowest BCUT2D eigenvalue weighted by Crippen LogP contribution is -2.65.